The molecule has 0 aromatic rings. The third-order valence-corrected chi connectivity index (χ3v) is 7.54. The Bertz CT molecular complexity index is 307. The van der Waals surface area contributed by atoms with Crippen molar-refractivity contribution in [3.8, 4) is 0 Å². The van der Waals surface area contributed by atoms with Crippen LogP contribution in [0.5, 0.6) is 0 Å². The van der Waals surface area contributed by atoms with Gasteiger partial charge in [0.25, 0.3) is 0 Å². The summed E-state index contributed by atoms with van der Waals surface area (Å²) in [6, 6.07) is 0. The molecule has 0 rings (SSSR count). The minimum absolute atomic E-state index is 1.02. The highest BCUT2D eigenvalue weighted by molar-refractivity contribution is 4.62. The molecule has 193 valence electrons. The van der Waals surface area contributed by atoms with E-state index in [4.69, 9.17) is 0 Å². The topological polar surface area (TPSA) is 0 Å². The van der Waals surface area contributed by atoms with Gasteiger partial charge in [-0.1, -0.05) is 201 Å². The molecule has 0 heterocycles. The average Bonchev–Trinajstić information content (AvgIpc) is 2.80. The molecule has 0 spiro atoms. The predicted molar refractivity (Wildman–Crippen MR) is 149 cm³/mol. The van der Waals surface area contributed by atoms with Crippen LogP contribution in [-0.2, 0) is 0 Å². The van der Waals surface area contributed by atoms with Crippen LogP contribution < -0.4 is 0 Å². The summed E-state index contributed by atoms with van der Waals surface area (Å²) in [7, 11) is 0. The lowest BCUT2D eigenvalue weighted by Gasteiger charge is -2.17. The van der Waals surface area contributed by atoms with Crippen molar-refractivity contribution >= 4 is 0 Å². The molecule has 0 saturated heterocycles. The first-order valence-electron chi connectivity index (χ1n) is 15.6. The standard InChI is InChI=1S/C32H65/c1-4-7-10-13-15-17-18-19-21-23-25-28-31-32(29-26-12-9-6-3)30-27-24-22-20-16-14-11-8-5-2/h32H,3-31H2,1-2H3. The van der Waals surface area contributed by atoms with Crippen LogP contribution in [0.3, 0.4) is 0 Å². The molecule has 0 aliphatic carbocycles. The van der Waals surface area contributed by atoms with Crippen LogP contribution in [0, 0.1) is 12.8 Å². The van der Waals surface area contributed by atoms with E-state index < -0.39 is 0 Å². The summed E-state index contributed by atoms with van der Waals surface area (Å²) < 4.78 is 0. The maximum atomic E-state index is 4.02. The van der Waals surface area contributed by atoms with Crippen molar-refractivity contribution in [1.82, 2.24) is 0 Å². The molecule has 0 nitrogen and oxygen atoms in total. The second kappa shape index (κ2) is 29.0. The van der Waals surface area contributed by atoms with Gasteiger partial charge >= 0.3 is 0 Å². The molecule has 0 aliphatic heterocycles. The lowest BCUT2D eigenvalue weighted by molar-refractivity contribution is 0.366. The van der Waals surface area contributed by atoms with Crippen LogP contribution in [0.15, 0.2) is 0 Å². The highest BCUT2D eigenvalue weighted by Gasteiger charge is 2.08. The quantitative estimate of drug-likeness (QED) is 0.104. The molecule has 1 unspecified atom stereocenters. The molecular formula is C32H65. The first kappa shape index (κ1) is 32.0. The van der Waals surface area contributed by atoms with Crippen LogP contribution in [0.1, 0.15) is 194 Å². The maximum absolute atomic E-state index is 4.02. The van der Waals surface area contributed by atoms with E-state index >= 15 is 0 Å². The van der Waals surface area contributed by atoms with Crippen molar-refractivity contribution in [2.45, 2.75) is 194 Å². The molecule has 0 saturated carbocycles. The Balaban J connectivity index is 3.66. The van der Waals surface area contributed by atoms with Gasteiger partial charge in [0, 0.05) is 0 Å². The molecule has 0 aromatic carbocycles. The van der Waals surface area contributed by atoms with Gasteiger partial charge in [-0.05, 0) is 5.92 Å². The van der Waals surface area contributed by atoms with E-state index in [0.717, 1.165) is 12.3 Å². The van der Waals surface area contributed by atoms with Gasteiger partial charge in [-0.15, -0.1) is 0 Å². The minimum Gasteiger partial charge on any atom is -0.0654 e. The Kier molecular flexibility index (Phi) is 29.0. The normalized spacial score (nSPS) is 12.5. The van der Waals surface area contributed by atoms with Gasteiger partial charge in [0.1, 0.15) is 0 Å². The fraction of sp³-hybridized carbons (Fsp3) is 0.969. The third-order valence-electron chi connectivity index (χ3n) is 7.54. The molecule has 0 aliphatic rings. The molecule has 0 amide bonds. The molecule has 0 bridgehead atoms. The van der Waals surface area contributed by atoms with Crippen LogP contribution in [0.25, 0.3) is 0 Å². The van der Waals surface area contributed by atoms with E-state index in [1.54, 1.807) is 0 Å². The van der Waals surface area contributed by atoms with Gasteiger partial charge in [0.15, 0.2) is 0 Å². The third kappa shape index (κ3) is 26.3. The van der Waals surface area contributed by atoms with Crippen molar-refractivity contribution in [3.63, 3.8) is 0 Å². The zero-order valence-electron chi connectivity index (χ0n) is 23.1. The first-order chi connectivity index (χ1) is 15.8. The molecule has 1 atom stereocenters. The van der Waals surface area contributed by atoms with E-state index in [2.05, 4.69) is 20.8 Å². The minimum atomic E-state index is 1.02. The number of hydrogen-bond donors (Lipinski definition) is 0. The van der Waals surface area contributed by atoms with E-state index in [0.29, 0.717) is 0 Å². The zero-order valence-corrected chi connectivity index (χ0v) is 23.1. The first-order valence-corrected chi connectivity index (χ1v) is 15.6. The van der Waals surface area contributed by atoms with Crippen molar-refractivity contribution < 1.29 is 0 Å². The molecular weight excluding hydrogens is 384 g/mol. The molecule has 0 aromatic heterocycles. The average molecular weight is 450 g/mol. The zero-order chi connectivity index (χ0) is 23.4. The van der Waals surface area contributed by atoms with Gasteiger partial charge in [-0.2, -0.15) is 0 Å². The second-order valence-corrected chi connectivity index (χ2v) is 10.9. The van der Waals surface area contributed by atoms with Gasteiger partial charge in [0.2, 0.25) is 0 Å². The van der Waals surface area contributed by atoms with E-state index in [1.807, 2.05) is 0 Å². The Hall–Kier alpha value is 0. The highest BCUT2D eigenvalue weighted by atomic mass is 14.1. The summed E-state index contributed by atoms with van der Waals surface area (Å²) in [6.45, 7) is 8.64. The summed E-state index contributed by atoms with van der Waals surface area (Å²) in [4.78, 5) is 0. The van der Waals surface area contributed by atoms with E-state index in [-0.39, 0.29) is 0 Å². The van der Waals surface area contributed by atoms with Crippen LogP contribution in [0.2, 0.25) is 0 Å². The molecule has 0 heteroatoms. The summed E-state index contributed by atoms with van der Waals surface area (Å²) in [5.41, 5.74) is 0. The van der Waals surface area contributed by atoms with Crippen LogP contribution in [-0.4, -0.2) is 0 Å². The fourth-order valence-electron chi connectivity index (χ4n) is 5.24. The Morgan fingerprint density at radius 3 is 0.875 bits per heavy atom. The highest BCUT2D eigenvalue weighted by Crippen LogP contribution is 2.24. The second-order valence-electron chi connectivity index (χ2n) is 10.9. The van der Waals surface area contributed by atoms with Gasteiger partial charge in [-0.25, -0.2) is 0 Å². The molecule has 1 radical (unpaired) electrons. The van der Waals surface area contributed by atoms with Crippen LogP contribution >= 0.6 is 0 Å². The fourth-order valence-corrected chi connectivity index (χ4v) is 5.24. The summed E-state index contributed by atoms with van der Waals surface area (Å²) in [5.74, 6) is 1.02. The maximum Gasteiger partial charge on any atom is -0.0414 e. The smallest absolute Gasteiger partial charge is 0.0414 e. The monoisotopic (exact) mass is 450 g/mol. The number of hydrogen-bond acceptors (Lipinski definition) is 0. The van der Waals surface area contributed by atoms with E-state index in [9.17, 15) is 0 Å². The summed E-state index contributed by atoms with van der Waals surface area (Å²) in [6.07, 6.45) is 40.7. The SMILES string of the molecule is [CH2]CCCCCC(CCCCCCCCCCC)CCCCCCCCCCCCCC. The van der Waals surface area contributed by atoms with Crippen molar-refractivity contribution in [1.29, 1.82) is 0 Å². The number of unbranched alkanes of at least 4 members (excludes halogenated alkanes) is 22. The van der Waals surface area contributed by atoms with Crippen LogP contribution in [0.4, 0.5) is 0 Å². The molecule has 0 fully saturated rings. The Labute approximate surface area is 206 Å². The Morgan fingerprint density at radius 2 is 0.594 bits per heavy atom. The largest absolute Gasteiger partial charge is 0.0654 e. The summed E-state index contributed by atoms with van der Waals surface area (Å²) in [5, 5.41) is 0. The molecule has 32 heavy (non-hydrogen) atoms. The van der Waals surface area contributed by atoms with Gasteiger partial charge < -0.3 is 0 Å². The van der Waals surface area contributed by atoms with Crippen molar-refractivity contribution in [3.05, 3.63) is 6.92 Å². The van der Waals surface area contributed by atoms with E-state index in [1.165, 1.54) is 173 Å². The molecule has 0 N–H and O–H groups in total. The lowest BCUT2D eigenvalue weighted by Crippen LogP contribution is -2.01. The number of rotatable bonds is 28. The van der Waals surface area contributed by atoms with Gasteiger partial charge in [-0.3, -0.25) is 0 Å². The van der Waals surface area contributed by atoms with Gasteiger partial charge in [0.05, 0.1) is 0 Å². The Morgan fingerprint density at radius 1 is 0.344 bits per heavy atom. The van der Waals surface area contributed by atoms with Crippen molar-refractivity contribution in [2.75, 3.05) is 0 Å². The predicted octanol–water partition coefficient (Wildman–Crippen LogP) is 12.4. The van der Waals surface area contributed by atoms with Crippen molar-refractivity contribution in [2.24, 2.45) is 5.92 Å². The summed E-state index contributed by atoms with van der Waals surface area (Å²) >= 11 is 0. The lowest BCUT2D eigenvalue weighted by atomic mass is 9.89.